The van der Waals surface area contributed by atoms with Gasteiger partial charge < -0.3 is 10.6 Å². The molecule has 3 amide bonds. The second-order valence-electron chi connectivity index (χ2n) is 4.95. The van der Waals surface area contributed by atoms with Crippen molar-refractivity contribution in [1.82, 2.24) is 20.4 Å². The van der Waals surface area contributed by atoms with Gasteiger partial charge >= 0.3 is 6.03 Å². The number of hydrogen-bond donors (Lipinski definition) is 2. The highest BCUT2D eigenvalue weighted by atomic mass is 16.2. The minimum Gasteiger partial charge on any atom is -0.329 e. The molecule has 2 rings (SSSR count). The van der Waals surface area contributed by atoms with E-state index in [1.165, 1.54) is 24.2 Å². The third kappa shape index (κ3) is 3.00. The normalized spacial score (nSPS) is 25.6. The number of carbonyl (C=O) groups is 2. The Morgan fingerprint density at radius 2 is 2.17 bits per heavy atom. The van der Waals surface area contributed by atoms with Gasteiger partial charge in [0.05, 0.1) is 6.54 Å². The molecule has 0 aromatic rings. The van der Waals surface area contributed by atoms with Crippen molar-refractivity contribution in [3.05, 3.63) is 0 Å². The van der Waals surface area contributed by atoms with Gasteiger partial charge in [0.2, 0.25) is 5.91 Å². The maximum Gasteiger partial charge on any atom is 0.324 e. The van der Waals surface area contributed by atoms with Gasteiger partial charge in [0.1, 0.15) is 0 Å². The Hall–Kier alpha value is -1.14. The SMILES string of the molecule is CNCC1CCCCN1CCN1C(=O)CNC1=O. The van der Waals surface area contributed by atoms with Crippen LogP contribution in [-0.2, 0) is 4.79 Å². The molecule has 6 heteroatoms. The maximum atomic E-state index is 11.5. The summed E-state index contributed by atoms with van der Waals surface area (Å²) >= 11 is 0. The molecule has 2 saturated heterocycles. The molecular weight excluding hydrogens is 232 g/mol. The second kappa shape index (κ2) is 6.15. The molecule has 1 atom stereocenters. The number of urea groups is 1. The first kappa shape index (κ1) is 13.3. The summed E-state index contributed by atoms with van der Waals surface area (Å²) in [5.74, 6) is -0.109. The second-order valence-corrected chi connectivity index (χ2v) is 4.95. The minimum absolute atomic E-state index is 0.109. The Bertz CT molecular complexity index is 303. The predicted molar refractivity (Wildman–Crippen MR) is 68.3 cm³/mol. The Morgan fingerprint density at radius 3 is 2.83 bits per heavy atom. The fraction of sp³-hybridized carbons (Fsp3) is 0.833. The molecule has 18 heavy (non-hydrogen) atoms. The molecule has 2 heterocycles. The summed E-state index contributed by atoms with van der Waals surface area (Å²) in [6.07, 6.45) is 3.67. The van der Waals surface area contributed by atoms with Crippen LogP contribution in [0.15, 0.2) is 0 Å². The molecule has 2 N–H and O–H groups in total. The standard InChI is InChI=1S/C12H22N4O2/c1-13-8-10-4-2-3-5-15(10)6-7-16-11(17)9-14-12(16)18/h10,13H,2-9H2,1H3,(H,14,18). The van der Waals surface area contributed by atoms with E-state index in [0.29, 0.717) is 12.6 Å². The molecule has 0 aromatic carbocycles. The number of nitrogens with zero attached hydrogens (tertiary/aromatic N) is 2. The molecule has 0 aliphatic carbocycles. The highest BCUT2D eigenvalue weighted by Crippen LogP contribution is 2.16. The van der Waals surface area contributed by atoms with E-state index in [4.69, 9.17) is 0 Å². The fourth-order valence-corrected chi connectivity index (χ4v) is 2.73. The van der Waals surface area contributed by atoms with E-state index in [9.17, 15) is 9.59 Å². The van der Waals surface area contributed by atoms with Crippen LogP contribution in [0, 0.1) is 0 Å². The molecule has 2 aliphatic heterocycles. The zero-order valence-corrected chi connectivity index (χ0v) is 10.9. The van der Waals surface area contributed by atoms with E-state index in [2.05, 4.69) is 15.5 Å². The van der Waals surface area contributed by atoms with E-state index in [-0.39, 0.29) is 18.5 Å². The molecule has 0 radical (unpaired) electrons. The van der Waals surface area contributed by atoms with Gasteiger partial charge in [-0.1, -0.05) is 6.42 Å². The Labute approximate surface area is 108 Å². The van der Waals surface area contributed by atoms with Gasteiger partial charge in [0, 0.05) is 25.7 Å². The predicted octanol–water partition coefficient (Wildman–Crippen LogP) is -0.388. The summed E-state index contributed by atoms with van der Waals surface area (Å²) in [6, 6.07) is 0.284. The number of imide groups is 1. The quantitative estimate of drug-likeness (QED) is 0.656. The Morgan fingerprint density at radius 1 is 1.33 bits per heavy atom. The highest BCUT2D eigenvalue weighted by Gasteiger charge is 2.29. The van der Waals surface area contributed by atoms with E-state index in [0.717, 1.165) is 19.6 Å². The average Bonchev–Trinajstić information content (AvgIpc) is 2.69. The van der Waals surface area contributed by atoms with Crippen LogP contribution in [0.3, 0.4) is 0 Å². The fourth-order valence-electron chi connectivity index (χ4n) is 2.73. The lowest BCUT2D eigenvalue weighted by atomic mass is 10.0. The van der Waals surface area contributed by atoms with Crippen LogP contribution < -0.4 is 10.6 Å². The molecule has 1 unspecified atom stereocenters. The van der Waals surface area contributed by atoms with Gasteiger partial charge in [-0.05, 0) is 26.4 Å². The summed E-state index contributed by atoms with van der Waals surface area (Å²) in [4.78, 5) is 26.6. The van der Waals surface area contributed by atoms with Gasteiger partial charge in [0.25, 0.3) is 0 Å². The van der Waals surface area contributed by atoms with Gasteiger partial charge in [-0.25, -0.2) is 4.79 Å². The summed E-state index contributed by atoms with van der Waals surface area (Å²) in [6.45, 7) is 3.48. The van der Waals surface area contributed by atoms with Crippen LogP contribution in [0.25, 0.3) is 0 Å². The Kier molecular flexibility index (Phi) is 4.54. The highest BCUT2D eigenvalue weighted by molar-refractivity contribution is 6.01. The molecule has 0 saturated carbocycles. The van der Waals surface area contributed by atoms with Crippen LogP contribution in [0.4, 0.5) is 4.79 Å². The van der Waals surface area contributed by atoms with Crippen molar-refractivity contribution in [2.24, 2.45) is 0 Å². The topological polar surface area (TPSA) is 64.7 Å². The number of rotatable bonds is 5. The number of amides is 3. The van der Waals surface area contributed by atoms with E-state index >= 15 is 0 Å². The van der Waals surface area contributed by atoms with Crippen molar-refractivity contribution >= 4 is 11.9 Å². The zero-order chi connectivity index (χ0) is 13.0. The molecule has 6 nitrogen and oxygen atoms in total. The third-order valence-corrected chi connectivity index (χ3v) is 3.74. The van der Waals surface area contributed by atoms with Gasteiger partial charge in [-0.3, -0.25) is 14.6 Å². The van der Waals surface area contributed by atoms with Crippen molar-refractivity contribution in [3.63, 3.8) is 0 Å². The molecule has 2 fully saturated rings. The summed E-state index contributed by atoms with van der Waals surface area (Å²) in [5, 5.41) is 5.76. The summed E-state index contributed by atoms with van der Waals surface area (Å²) in [7, 11) is 1.96. The van der Waals surface area contributed by atoms with Crippen molar-refractivity contribution in [2.75, 3.05) is 39.8 Å². The van der Waals surface area contributed by atoms with E-state index < -0.39 is 0 Å². The summed E-state index contributed by atoms with van der Waals surface area (Å²) < 4.78 is 0. The number of nitrogens with one attached hydrogen (secondary N) is 2. The third-order valence-electron chi connectivity index (χ3n) is 3.74. The van der Waals surface area contributed by atoms with Gasteiger partial charge in [-0.15, -0.1) is 0 Å². The zero-order valence-electron chi connectivity index (χ0n) is 10.9. The lowest BCUT2D eigenvalue weighted by molar-refractivity contribution is -0.125. The molecule has 0 bridgehead atoms. The van der Waals surface area contributed by atoms with Crippen LogP contribution >= 0.6 is 0 Å². The van der Waals surface area contributed by atoms with E-state index in [1.54, 1.807) is 0 Å². The Balaban J connectivity index is 1.83. The number of carbonyl (C=O) groups excluding carboxylic acids is 2. The average molecular weight is 254 g/mol. The number of likely N-dealkylation sites (N-methyl/N-ethyl adjacent to an activating group) is 1. The minimum atomic E-state index is -0.248. The lowest BCUT2D eigenvalue weighted by Gasteiger charge is -2.36. The van der Waals surface area contributed by atoms with Crippen molar-refractivity contribution in [2.45, 2.75) is 25.3 Å². The number of hydrogen-bond acceptors (Lipinski definition) is 4. The van der Waals surface area contributed by atoms with Crippen molar-refractivity contribution in [3.8, 4) is 0 Å². The van der Waals surface area contributed by atoms with Crippen LogP contribution in [-0.4, -0.2) is 67.6 Å². The smallest absolute Gasteiger partial charge is 0.324 e. The maximum absolute atomic E-state index is 11.5. The largest absolute Gasteiger partial charge is 0.329 e. The van der Waals surface area contributed by atoms with Crippen molar-refractivity contribution in [1.29, 1.82) is 0 Å². The number of piperidine rings is 1. The van der Waals surface area contributed by atoms with Crippen LogP contribution in [0.5, 0.6) is 0 Å². The van der Waals surface area contributed by atoms with Crippen LogP contribution in [0.1, 0.15) is 19.3 Å². The number of likely N-dealkylation sites (tertiary alicyclic amines) is 1. The van der Waals surface area contributed by atoms with E-state index in [1.807, 2.05) is 7.05 Å². The van der Waals surface area contributed by atoms with Gasteiger partial charge in [0.15, 0.2) is 0 Å². The molecule has 0 aromatic heterocycles. The summed E-state index contributed by atoms with van der Waals surface area (Å²) in [5.41, 5.74) is 0. The van der Waals surface area contributed by atoms with Crippen LogP contribution in [0.2, 0.25) is 0 Å². The molecule has 2 aliphatic rings. The molecule has 102 valence electrons. The first-order valence-electron chi connectivity index (χ1n) is 6.69. The monoisotopic (exact) mass is 254 g/mol. The van der Waals surface area contributed by atoms with Crippen molar-refractivity contribution < 1.29 is 9.59 Å². The van der Waals surface area contributed by atoms with Gasteiger partial charge in [-0.2, -0.15) is 0 Å². The lowest BCUT2D eigenvalue weighted by Crippen LogP contribution is -2.48. The molecular formula is C12H22N4O2. The first-order valence-corrected chi connectivity index (χ1v) is 6.69. The molecule has 0 spiro atoms. The first-order chi connectivity index (χ1) is 8.72.